The van der Waals surface area contributed by atoms with Crippen molar-refractivity contribution in [3.63, 3.8) is 0 Å². The Morgan fingerprint density at radius 3 is 2.88 bits per heavy atom. The maximum absolute atomic E-state index is 12.1. The zero-order valence-electron chi connectivity index (χ0n) is 13.6. The molecule has 0 aliphatic rings. The lowest BCUT2D eigenvalue weighted by Gasteiger charge is -2.21. The van der Waals surface area contributed by atoms with Crippen LogP contribution in [0, 0.1) is 5.92 Å². The normalized spacial score (nSPS) is 13.3. The Hall–Kier alpha value is -1.87. The highest BCUT2D eigenvalue weighted by Crippen LogP contribution is 2.26. The first-order valence-corrected chi connectivity index (χ1v) is 9.29. The molecule has 2 atom stereocenters. The number of thiophene rings is 1. The van der Waals surface area contributed by atoms with Crippen LogP contribution in [0.5, 0.6) is 0 Å². The SMILES string of the molecule is CCC(C)C(NC(=O)CSc1nnc(-c2cccs2)o1)C(=O)OC. The van der Waals surface area contributed by atoms with Gasteiger partial charge in [-0.25, -0.2) is 4.79 Å². The summed E-state index contributed by atoms with van der Waals surface area (Å²) in [5.74, 6) is -0.233. The van der Waals surface area contributed by atoms with Crippen molar-refractivity contribution in [2.45, 2.75) is 31.5 Å². The van der Waals surface area contributed by atoms with E-state index in [1.807, 2.05) is 31.4 Å². The molecule has 7 nitrogen and oxygen atoms in total. The summed E-state index contributed by atoms with van der Waals surface area (Å²) in [6.07, 6.45) is 0.751. The number of carbonyl (C=O) groups excluding carboxylic acids is 2. The molecule has 9 heteroatoms. The summed E-state index contributed by atoms with van der Waals surface area (Å²) < 4.78 is 10.2. The third kappa shape index (κ3) is 4.81. The smallest absolute Gasteiger partial charge is 0.328 e. The Labute approximate surface area is 148 Å². The van der Waals surface area contributed by atoms with Crippen LogP contribution in [-0.2, 0) is 14.3 Å². The lowest BCUT2D eigenvalue weighted by molar-refractivity contribution is -0.146. The number of thioether (sulfide) groups is 1. The van der Waals surface area contributed by atoms with Gasteiger partial charge >= 0.3 is 5.97 Å². The van der Waals surface area contributed by atoms with Crippen LogP contribution in [0.1, 0.15) is 20.3 Å². The minimum Gasteiger partial charge on any atom is -0.467 e. The van der Waals surface area contributed by atoms with Gasteiger partial charge in [-0.15, -0.1) is 21.5 Å². The first-order valence-electron chi connectivity index (χ1n) is 7.42. The molecular weight excluding hydrogens is 350 g/mol. The highest BCUT2D eigenvalue weighted by molar-refractivity contribution is 7.99. The van der Waals surface area contributed by atoms with Crippen LogP contribution in [0.3, 0.4) is 0 Å². The molecule has 0 aliphatic carbocycles. The van der Waals surface area contributed by atoms with E-state index in [2.05, 4.69) is 15.5 Å². The number of aromatic nitrogens is 2. The van der Waals surface area contributed by atoms with Gasteiger partial charge in [-0.05, 0) is 17.4 Å². The van der Waals surface area contributed by atoms with E-state index in [-0.39, 0.29) is 17.6 Å². The molecule has 0 spiro atoms. The van der Waals surface area contributed by atoms with Gasteiger partial charge in [0.2, 0.25) is 5.91 Å². The van der Waals surface area contributed by atoms with Crippen LogP contribution in [0.25, 0.3) is 10.8 Å². The summed E-state index contributed by atoms with van der Waals surface area (Å²) in [4.78, 5) is 24.7. The molecule has 0 radical (unpaired) electrons. The van der Waals surface area contributed by atoms with Crippen molar-refractivity contribution in [3.8, 4) is 10.8 Å². The number of carbonyl (C=O) groups is 2. The summed E-state index contributed by atoms with van der Waals surface area (Å²) in [6.45, 7) is 3.84. The van der Waals surface area contributed by atoms with Gasteiger partial charge in [-0.1, -0.05) is 38.1 Å². The van der Waals surface area contributed by atoms with Crippen LogP contribution >= 0.6 is 23.1 Å². The standard InChI is InChI=1S/C15H19N3O4S2/c1-4-9(2)12(14(20)21-3)16-11(19)8-24-15-18-17-13(22-15)10-6-5-7-23-10/h5-7,9,12H,4,8H2,1-3H3,(H,16,19). The summed E-state index contributed by atoms with van der Waals surface area (Å²) in [5, 5.41) is 12.8. The van der Waals surface area contributed by atoms with Crippen LogP contribution in [0.15, 0.2) is 27.2 Å². The zero-order valence-corrected chi connectivity index (χ0v) is 15.3. The lowest BCUT2D eigenvalue weighted by atomic mass is 9.99. The van der Waals surface area contributed by atoms with Gasteiger partial charge in [0.05, 0.1) is 17.7 Å². The maximum Gasteiger partial charge on any atom is 0.328 e. The molecule has 2 heterocycles. The van der Waals surface area contributed by atoms with E-state index in [0.717, 1.165) is 23.1 Å². The second-order valence-corrected chi connectivity index (χ2v) is 6.97. The van der Waals surface area contributed by atoms with E-state index in [1.165, 1.54) is 18.4 Å². The Morgan fingerprint density at radius 2 is 2.25 bits per heavy atom. The molecule has 2 aromatic heterocycles. The van der Waals surface area contributed by atoms with Gasteiger partial charge in [0.1, 0.15) is 6.04 Å². The Kier molecular flexibility index (Phi) is 6.80. The molecule has 24 heavy (non-hydrogen) atoms. The number of amides is 1. The number of methoxy groups -OCH3 is 1. The van der Waals surface area contributed by atoms with Crippen molar-refractivity contribution < 1.29 is 18.7 Å². The van der Waals surface area contributed by atoms with Gasteiger partial charge < -0.3 is 14.5 Å². The van der Waals surface area contributed by atoms with Crippen molar-refractivity contribution in [2.75, 3.05) is 12.9 Å². The van der Waals surface area contributed by atoms with E-state index >= 15 is 0 Å². The average molecular weight is 369 g/mol. The molecule has 1 amide bonds. The number of ether oxygens (including phenoxy) is 1. The largest absolute Gasteiger partial charge is 0.467 e. The molecule has 0 saturated carbocycles. The third-order valence-electron chi connectivity index (χ3n) is 3.45. The molecule has 130 valence electrons. The molecular formula is C15H19N3O4S2. The topological polar surface area (TPSA) is 94.3 Å². The molecule has 2 aromatic rings. The van der Waals surface area contributed by atoms with Crippen molar-refractivity contribution in [2.24, 2.45) is 5.92 Å². The number of nitrogens with zero attached hydrogens (tertiary/aromatic N) is 2. The second kappa shape index (κ2) is 8.84. The fourth-order valence-electron chi connectivity index (χ4n) is 1.91. The van der Waals surface area contributed by atoms with Crippen molar-refractivity contribution in [1.29, 1.82) is 0 Å². The molecule has 0 bridgehead atoms. The van der Waals surface area contributed by atoms with Crippen LogP contribution in [0.4, 0.5) is 0 Å². The predicted molar refractivity (Wildman–Crippen MR) is 91.7 cm³/mol. The molecule has 1 N–H and O–H groups in total. The molecule has 0 aliphatic heterocycles. The van der Waals surface area contributed by atoms with Gasteiger partial charge in [0.15, 0.2) is 0 Å². The quantitative estimate of drug-likeness (QED) is 0.564. The van der Waals surface area contributed by atoms with E-state index < -0.39 is 12.0 Å². The summed E-state index contributed by atoms with van der Waals surface area (Å²) >= 11 is 2.62. The zero-order chi connectivity index (χ0) is 17.5. The molecule has 0 fully saturated rings. The highest BCUT2D eigenvalue weighted by atomic mass is 32.2. The molecule has 2 rings (SSSR count). The van der Waals surface area contributed by atoms with E-state index in [4.69, 9.17) is 9.15 Å². The van der Waals surface area contributed by atoms with Crippen molar-refractivity contribution in [3.05, 3.63) is 17.5 Å². The average Bonchev–Trinajstić information content (AvgIpc) is 3.27. The summed E-state index contributed by atoms with van der Waals surface area (Å²) in [5.41, 5.74) is 0. The second-order valence-electron chi connectivity index (χ2n) is 5.09. The minimum absolute atomic E-state index is 0.0137. The number of esters is 1. The van der Waals surface area contributed by atoms with Gasteiger partial charge in [0.25, 0.3) is 11.1 Å². The summed E-state index contributed by atoms with van der Waals surface area (Å²) in [7, 11) is 1.31. The third-order valence-corrected chi connectivity index (χ3v) is 5.13. The van der Waals surface area contributed by atoms with E-state index in [1.54, 1.807) is 0 Å². The highest BCUT2D eigenvalue weighted by Gasteiger charge is 2.26. The number of rotatable bonds is 8. The Bertz CT molecular complexity index is 672. The fraction of sp³-hybridized carbons (Fsp3) is 0.467. The fourth-order valence-corrected chi connectivity index (χ4v) is 3.12. The summed E-state index contributed by atoms with van der Waals surface area (Å²) in [6, 6.07) is 3.12. The maximum atomic E-state index is 12.1. The number of hydrogen-bond acceptors (Lipinski definition) is 8. The minimum atomic E-state index is -0.655. The lowest BCUT2D eigenvalue weighted by Crippen LogP contribution is -2.46. The van der Waals surface area contributed by atoms with Gasteiger partial charge in [-0.3, -0.25) is 4.79 Å². The molecule has 2 unspecified atom stereocenters. The van der Waals surface area contributed by atoms with Crippen LogP contribution in [0.2, 0.25) is 0 Å². The first-order chi connectivity index (χ1) is 11.5. The van der Waals surface area contributed by atoms with E-state index in [9.17, 15) is 9.59 Å². The van der Waals surface area contributed by atoms with Gasteiger partial charge in [-0.2, -0.15) is 0 Å². The number of nitrogens with one attached hydrogen (secondary N) is 1. The molecule has 0 saturated heterocycles. The number of hydrogen-bond donors (Lipinski definition) is 1. The van der Waals surface area contributed by atoms with Crippen molar-refractivity contribution in [1.82, 2.24) is 15.5 Å². The van der Waals surface area contributed by atoms with Crippen molar-refractivity contribution >= 4 is 35.0 Å². The first kappa shape index (κ1) is 18.5. The van der Waals surface area contributed by atoms with Crippen LogP contribution in [-0.4, -0.2) is 41.0 Å². The van der Waals surface area contributed by atoms with Crippen LogP contribution < -0.4 is 5.32 Å². The molecule has 0 aromatic carbocycles. The van der Waals surface area contributed by atoms with E-state index in [0.29, 0.717) is 11.1 Å². The monoisotopic (exact) mass is 369 g/mol. The Balaban J connectivity index is 1.89. The Morgan fingerprint density at radius 1 is 1.46 bits per heavy atom. The predicted octanol–water partition coefficient (Wildman–Crippen LogP) is 2.59. The van der Waals surface area contributed by atoms with Gasteiger partial charge in [0, 0.05) is 0 Å².